The highest BCUT2D eigenvalue weighted by atomic mass is 35.5. The lowest BCUT2D eigenvalue weighted by molar-refractivity contribution is -0.384. The normalized spacial score (nSPS) is 10.7. The van der Waals surface area contributed by atoms with Crippen LogP contribution in [-0.2, 0) is 4.79 Å². The van der Waals surface area contributed by atoms with Crippen molar-refractivity contribution in [2.75, 3.05) is 11.1 Å². The first-order chi connectivity index (χ1) is 15.9. The first kappa shape index (κ1) is 22.5. The molecule has 0 unspecified atom stereocenters. The Bertz CT molecular complexity index is 1340. The standard InChI is InChI=1S/C23H18ClN5O3S/c1-15-5-2-6-16(11-15)22-26-27-23(28(22)19-9-3-7-17(24)12-19)33-14-21(30)25-18-8-4-10-20(13-18)29(31)32/h2-13H,14H2,1H3,(H,25,30). The van der Waals surface area contributed by atoms with Gasteiger partial charge in [-0.25, -0.2) is 0 Å². The zero-order valence-electron chi connectivity index (χ0n) is 17.4. The van der Waals surface area contributed by atoms with Crippen molar-refractivity contribution < 1.29 is 9.72 Å². The van der Waals surface area contributed by atoms with Crippen LogP contribution >= 0.6 is 23.4 Å². The van der Waals surface area contributed by atoms with Gasteiger partial charge in [0.25, 0.3) is 5.69 Å². The molecule has 0 atom stereocenters. The van der Waals surface area contributed by atoms with E-state index in [-0.39, 0.29) is 17.3 Å². The lowest BCUT2D eigenvalue weighted by atomic mass is 10.1. The Labute approximate surface area is 198 Å². The number of halogens is 1. The van der Waals surface area contributed by atoms with Gasteiger partial charge in [0.2, 0.25) is 5.91 Å². The van der Waals surface area contributed by atoms with Crippen LogP contribution in [0.4, 0.5) is 11.4 Å². The highest BCUT2D eigenvalue weighted by molar-refractivity contribution is 7.99. The van der Waals surface area contributed by atoms with Crippen molar-refractivity contribution >= 4 is 40.6 Å². The van der Waals surface area contributed by atoms with Gasteiger partial charge in [-0.3, -0.25) is 19.5 Å². The van der Waals surface area contributed by atoms with Crippen molar-refractivity contribution in [1.82, 2.24) is 14.8 Å². The molecule has 0 radical (unpaired) electrons. The number of carbonyl (C=O) groups is 1. The number of nitrogens with zero attached hydrogens (tertiary/aromatic N) is 4. The zero-order chi connectivity index (χ0) is 23.4. The van der Waals surface area contributed by atoms with Gasteiger partial charge in [-0.2, -0.15) is 0 Å². The predicted molar refractivity (Wildman–Crippen MR) is 129 cm³/mol. The average molecular weight is 480 g/mol. The van der Waals surface area contributed by atoms with Crippen molar-refractivity contribution in [3.05, 3.63) is 93.5 Å². The third-order valence-corrected chi connectivity index (χ3v) is 5.81. The van der Waals surface area contributed by atoms with Crippen LogP contribution < -0.4 is 5.32 Å². The summed E-state index contributed by atoms with van der Waals surface area (Å²) in [6.07, 6.45) is 0. The van der Waals surface area contributed by atoms with E-state index in [1.54, 1.807) is 18.2 Å². The van der Waals surface area contributed by atoms with Gasteiger partial charge in [0.1, 0.15) is 0 Å². The minimum absolute atomic E-state index is 0.0369. The number of amides is 1. The quantitative estimate of drug-likeness (QED) is 0.212. The van der Waals surface area contributed by atoms with Crippen LogP contribution in [-0.4, -0.2) is 31.3 Å². The predicted octanol–water partition coefficient (Wildman–Crippen LogP) is 5.54. The Kier molecular flexibility index (Phi) is 6.71. The molecule has 8 nitrogen and oxygen atoms in total. The maximum absolute atomic E-state index is 12.5. The molecule has 0 aliphatic carbocycles. The second-order valence-corrected chi connectivity index (χ2v) is 8.51. The number of hydrogen-bond acceptors (Lipinski definition) is 6. The van der Waals surface area contributed by atoms with Gasteiger partial charge < -0.3 is 5.32 Å². The second kappa shape index (κ2) is 9.85. The molecule has 1 heterocycles. The molecule has 0 saturated heterocycles. The molecular formula is C23H18ClN5O3S. The van der Waals surface area contributed by atoms with Gasteiger partial charge in [0.15, 0.2) is 11.0 Å². The number of anilines is 1. The van der Waals surface area contributed by atoms with E-state index in [0.29, 0.717) is 21.7 Å². The number of carbonyl (C=O) groups excluding carboxylic acids is 1. The van der Waals surface area contributed by atoms with E-state index in [4.69, 9.17) is 11.6 Å². The molecule has 10 heteroatoms. The number of aromatic nitrogens is 3. The molecule has 4 aromatic rings. The molecule has 1 aromatic heterocycles. The summed E-state index contributed by atoms with van der Waals surface area (Å²) in [4.78, 5) is 22.9. The zero-order valence-corrected chi connectivity index (χ0v) is 19.0. The van der Waals surface area contributed by atoms with E-state index in [0.717, 1.165) is 16.8 Å². The lowest BCUT2D eigenvalue weighted by Gasteiger charge is -2.11. The maximum atomic E-state index is 12.5. The minimum atomic E-state index is -0.509. The summed E-state index contributed by atoms with van der Waals surface area (Å²) >= 11 is 7.42. The molecule has 1 amide bonds. The third kappa shape index (κ3) is 5.39. The summed E-state index contributed by atoms with van der Waals surface area (Å²) in [5.41, 5.74) is 3.00. The number of nitro groups is 1. The molecule has 0 saturated carbocycles. The van der Waals surface area contributed by atoms with Crippen molar-refractivity contribution in [3.63, 3.8) is 0 Å². The van der Waals surface area contributed by atoms with E-state index in [1.165, 1.54) is 30.0 Å². The summed E-state index contributed by atoms with van der Waals surface area (Å²) in [6.45, 7) is 2.00. The number of rotatable bonds is 7. The second-order valence-electron chi connectivity index (χ2n) is 7.14. The minimum Gasteiger partial charge on any atom is -0.325 e. The van der Waals surface area contributed by atoms with Gasteiger partial charge in [0, 0.05) is 28.4 Å². The molecule has 166 valence electrons. The molecule has 3 aromatic carbocycles. The Hall–Kier alpha value is -3.69. The number of thioether (sulfide) groups is 1. The summed E-state index contributed by atoms with van der Waals surface area (Å²) in [5, 5.41) is 23.4. The molecule has 0 fully saturated rings. The van der Waals surface area contributed by atoms with Crippen LogP contribution in [0.5, 0.6) is 0 Å². The van der Waals surface area contributed by atoms with E-state index in [9.17, 15) is 14.9 Å². The van der Waals surface area contributed by atoms with E-state index >= 15 is 0 Å². The van der Waals surface area contributed by atoms with Crippen molar-refractivity contribution in [1.29, 1.82) is 0 Å². The van der Waals surface area contributed by atoms with Gasteiger partial charge in [-0.1, -0.05) is 59.3 Å². The number of nitrogens with one attached hydrogen (secondary N) is 1. The van der Waals surface area contributed by atoms with Gasteiger partial charge in [-0.05, 0) is 37.3 Å². The Balaban J connectivity index is 1.59. The first-order valence-corrected chi connectivity index (χ1v) is 11.2. The molecule has 1 N–H and O–H groups in total. The smallest absolute Gasteiger partial charge is 0.271 e. The SMILES string of the molecule is Cc1cccc(-c2nnc(SCC(=O)Nc3cccc([N+](=O)[O-])c3)n2-c2cccc(Cl)c2)c1. The highest BCUT2D eigenvalue weighted by Crippen LogP contribution is 2.29. The monoisotopic (exact) mass is 479 g/mol. The third-order valence-electron chi connectivity index (χ3n) is 4.65. The molecule has 33 heavy (non-hydrogen) atoms. The average Bonchev–Trinajstić information content (AvgIpc) is 3.22. The Morgan fingerprint density at radius 1 is 1.09 bits per heavy atom. The van der Waals surface area contributed by atoms with Gasteiger partial charge in [0.05, 0.1) is 16.4 Å². The fourth-order valence-electron chi connectivity index (χ4n) is 3.21. The van der Waals surface area contributed by atoms with Crippen LogP contribution in [0.15, 0.2) is 78.0 Å². The molecule has 0 aliphatic heterocycles. The van der Waals surface area contributed by atoms with Crippen LogP contribution in [0.3, 0.4) is 0 Å². The fourth-order valence-corrected chi connectivity index (χ4v) is 4.14. The number of aryl methyl sites for hydroxylation is 1. The lowest BCUT2D eigenvalue weighted by Crippen LogP contribution is -2.14. The Morgan fingerprint density at radius 3 is 2.64 bits per heavy atom. The van der Waals surface area contributed by atoms with Crippen molar-refractivity contribution in [2.24, 2.45) is 0 Å². The Morgan fingerprint density at radius 2 is 1.88 bits per heavy atom. The number of non-ortho nitro benzene ring substituents is 1. The van der Waals surface area contributed by atoms with Crippen LogP contribution in [0, 0.1) is 17.0 Å². The maximum Gasteiger partial charge on any atom is 0.271 e. The summed E-state index contributed by atoms with van der Waals surface area (Å²) in [5.74, 6) is 0.343. The highest BCUT2D eigenvalue weighted by Gasteiger charge is 2.18. The molecule has 4 rings (SSSR count). The number of nitro benzene ring substituents is 1. The topological polar surface area (TPSA) is 103 Å². The molecule has 0 bridgehead atoms. The van der Waals surface area contributed by atoms with E-state index in [1.807, 2.05) is 47.9 Å². The summed E-state index contributed by atoms with van der Waals surface area (Å²) in [6, 6.07) is 21.0. The fraction of sp³-hybridized carbons (Fsp3) is 0.0870. The first-order valence-electron chi connectivity index (χ1n) is 9.86. The van der Waals surface area contributed by atoms with Crippen LogP contribution in [0.25, 0.3) is 17.1 Å². The van der Waals surface area contributed by atoms with Crippen LogP contribution in [0.2, 0.25) is 5.02 Å². The summed E-state index contributed by atoms with van der Waals surface area (Å²) in [7, 11) is 0. The van der Waals surface area contributed by atoms with Crippen molar-refractivity contribution in [3.8, 4) is 17.1 Å². The number of hydrogen-bond donors (Lipinski definition) is 1. The molecular weight excluding hydrogens is 462 g/mol. The molecule has 0 aliphatic rings. The van der Waals surface area contributed by atoms with E-state index in [2.05, 4.69) is 15.5 Å². The van der Waals surface area contributed by atoms with Gasteiger partial charge >= 0.3 is 0 Å². The molecule has 0 spiro atoms. The summed E-state index contributed by atoms with van der Waals surface area (Å²) < 4.78 is 1.85. The van der Waals surface area contributed by atoms with E-state index < -0.39 is 4.92 Å². The number of benzene rings is 3. The van der Waals surface area contributed by atoms with Crippen LogP contribution in [0.1, 0.15) is 5.56 Å². The largest absolute Gasteiger partial charge is 0.325 e. The van der Waals surface area contributed by atoms with Crippen molar-refractivity contribution in [2.45, 2.75) is 12.1 Å². The van der Waals surface area contributed by atoms with Gasteiger partial charge in [-0.15, -0.1) is 10.2 Å².